The molecule has 0 radical (unpaired) electrons. The molecule has 0 saturated heterocycles. The Kier molecular flexibility index (Phi) is 3.84. The number of hydrogen-bond acceptors (Lipinski definition) is 3. The summed E-state index contributed by atoms with van der Waals surface area (Å²) < 4.78 is 5.70. The van der Waals surface area contributed by atoms with Crippen LogP contribution in [0.2, 0.25) is 5.02 Å². The highest BCUT2D eigenvalue weighted by atomic mass is 35.5. The van der Waals surface area contributed by atoms with Crippen LogP contribution in [0, 0.1) is 6.92 Å². The lowest BCUT2D eigenvalue weighted by Crippen LogP contribution is -1.95. The molecule has 1 aromatic carbocycles. The number of nitrogens with zero attached hydrogens (tertiary/aromatic N) is 1. The van der Waals surface area contributed by atoms with E-state index in [1.165, 1.54) is 0 Å². The molecule has 1 heterocycles. The van der Waals surface area contributed by atoms with Crippen molar-refractivity contribution in [1.29, 1.82) is 0 Å². The monoisotopic (exact) mass is 263 g/mol. The number of aliphatic hydroxyl groups is 1. The Morgan fingerprint density at radius 2 is 2.06 bits per heavy atom. The van der Waals surface area contributed by atoms with Crippen LogP contribution >= 0.6 is 11.6 Å². The molecule has 0 spiro atoms. The molecular weight excluding hydrogens is 250 g/mol. The quantitative estimate of drug-likeness (QED) is 0.914. The van der Waals surface area contributed by atoms with Gasteiger partial charge in [0.2, 0.25) is 0 Å². The molecule has 0 bridgehead atoms. The molecule has 0 amide bonds. The fourth-order valence-corrected chi connectivity index (χ4v) is 1.78. The summed E-state index contributed by atoms with van der Waals surface area (Å²) in [5.74, 6) is 1.37. The van der Waals surface area contributed by atoms with Crippen molar-refractivity contribution >= 4 is 11.6 Å². The number of pyridine rings is 1. The lowest BCUT2D eigenvalue weighted by molar-refractivity contribution is 0.194. The fraction of sp³-hybridized carbons (Fsp3) is 0.214. The molecule has 0 unspecified atom stereocenters. The number of aliphatic hydroxyl groups excluding tert-OH is 1. The molecule has 18 heavy (non-hydrogen) atoms. The summed E-state index contributed by atoms with van der Waals surface area (Å²) in [6, 6.07) is 8.96. The maximum Gasteiger partial charge on any atom is 0.145 e. The van der Waals surface area contributed by atoms with E-state index in [1.807, 2.05) is 19.1 Å². The van der Waals surface area contributed by atoms with E-state index >= 15 is 0 Å². The highest BCUT2D eigenvalue weighted by Gasteiger charge is 2.05. The Hall–Kier alpha value is -1.58. The highest BCUT2D eigenvalue weighted by Crippen LogP contribution is 2.27. The summed E-state index contributed by atoms with van der Waals surface area (Å²) in [5.41, 5.74) is 1.58. The Labute approximate surface area is 111 Å². The van der Waals surface area contributed by atoms with Crippen LogP contribution in [-0.4, -0.2) is 10.1 Å². The van der Waals surface area contributed by atoms with Gasteiger partial charge in [-0.3, -0.25) is 4.98 Å². The molecule has 0 saturated carbocycles. The van der Waals surface area contributed by atoms with Crippen LogP contribution in [-0.2, 0) is 0 Å². The van der Waals surface area contributed by atoms with Crippen molar-refractivity contribution < 1.29 is 9.84 Å². The third-order valence-corrected chi connectivity index (χ3v) is 2.79. The number of ether oxygens (including phenoxy) is 1. The third kappa shape index (κ3) is 3.00. The molecule has 0 aliphatic heterocycles. The van der Waals surface area contributed by atoms with Crippen molar-refractivity contribution in [2.45, 2.75) is 20.0 Å². The average molecular weight is 264 g/mol. The molecule has 2 rings (SSSR count). The third-order valence-electron chi connectivity index (χ3n) is 2.55. The summed E-state index contributed by atoms with van der Waals surface area (Å²) in [6.45, 7) is 3.60. The van der Waals surface area contributed by atoms with Gasteiger partial charge >= 0.3 is 0 Å². The van der Waals surface area contributed by atoms with Crippen molar-refractivity contribution in [3.05, 3.63) is 52.8 Å². The molecule has 94 valence electrons. The fourth-order valence-electron chi connectivity index (χ4n) is 1.55. The largest absolute Gasteiger partial charge is 0.455 e. The predicted molar refractivity (Wildman–Crippen MR) is 71.1 cm³/mol. The number of benzene rings is 1. The molecule has 1 aromatic heterocycles. The molecule has 0 aliphatic carbocycles. The van der Waals surface area contributed by atoms with Crippen LogP contribution in [0.25, 0.3) is 0 Å². The van der Waals surface area contributed by atoms with Crippen molar-refractivity contribution in [2.24, 2.45) is 0 Å². The minimum atomic E-state index is -0.573. The topological polar surface area (TPSA) is 42.4 Å². The van der Waals surface area contributed by atoms with Gasteiger partial charge in [-0.05, 0) is 49.7 Å². The van der Waals surface area contributed by atoms with E-state index in [1.54, 1.807) is 31.3 Å². The normalized spacial score (nSPS) is 12.2. The van der Waals surface area contributed by atoms with Gasteiger partial charge in [0.25, 0.3) is 0 Å². The molecule has 4 heteroatoms. The van der Waals surface area contributed by atoms with Gasteiger partial charge in [0.15, 0.2) is 0 Å². The second-order valence-electron chi connectivity index (χ2n) is 4.11. The first kappa shape index (κ1) is 12.9. The van der Waals surface area contributed by atoms with E-state index in [9.17, 15) is 5.11 Å². The Morgan fingerprint density at radius 3 is 2.61 bits per heavy atom. The van der Waals surface area contributed by atoms with Crippen LogP contribution in [0.1, 0.15) is 24.3 Å². The van der Waals surface area contributed by atoms with Crippen LogP contribution in [0.4, 0.5) is 0 Å². The Bertz CT molecular complexity index is 538. The first-order valence-corrected chi connectivity index (χ1v) is 6.02. The number of aryl methyl sites for hydroxylation is 1. The van der Waals surface area contributed by atoms with E-state index < -0.39 is 6.10 Å². The summed E-state index contributed by atoms with van der Waals surface area (Å²) in [5, 5.41) is 10.0. The van der Waals surface area contributed by atoms with Crippen LogP contribution < -0.4 is 4.74 Å². The second kappa shape index (κ2) is 5.38. The molecule has 2 aromatic rings. The van der Waals surface area contributed by atoms with Crippen LogP contribution in [0.15, 0.2) is 36.5 Å². The van der Waals surface area contributed by atoms with Gasteiger partial charge in [0.1, 0.15) is 11.5 Å². The lowest BCUT2D eigenvalue weighted by atomic mass is 10.2. The zero-order valence-electron chi connectivity index (χ0n) is 10.2. The van der Waals surface area contributed by atoms with Crippen LogP contribution in [0.5, 0.6) is 11.5 Å². The maximum atomic E-state index is 9.36. The molecule has 1 atom stereocenters. The number of rotatable bonds is 3. The number of halogens is 1. The molecule has 1 N–H and O–H groups in total. The van der Waals surface area contributed by atoms with Crippen molar-refractivity contribution in [2.75, 3.05) is 0 Å². The first-order valence-electron chi connectivity index (χ1n) is 5.64. The van der Waals surface area contributed by atoms with E-state index in [0.717, 1.165) is 11.3 Å². The van der Waals surface area contributed by atoms with Gasteiger partial charge in [0, 0.05) is 5.02 Å². The minimum absolute atomic E-state index is 0.573. The molecular formula is C14H14ClNO2. The summed E-state index contributed by atoms with van der Waals surface area (Å²) in [7, 11) is 0. The lowest BCUT2D eigenvalue weighted by Gasteiger charge is -2.09. The minimum Gasteiger partial charge on any atom is -0.455 e. The summed E-state index contributed by atoms with van der Waals surface area (Å²) in [6.07, 6.45) is 1.02. The standard InChI is InChI=1S/C14H14ClNO2/c1-9-7-11(15)3-6-14(9)18-12-4-5-13(10(2)17)16-8-12/h3-8,10,17H,1-2H3/t10-/m1/s1. The van der Waals surface area contributed by atoms with Crippen LogP contribution in [0.3, 0.4) is 0 Å². The molecule has 0 aliphatic rings. The zero-order chi connectivity index (χ0) is 13.1. The van der Waals surface area contributed by atoms with Crippen molar-refractivity contribution in [1.82, 2.24) is 4.98 Å². The van der Waals surface area contributed by atoms with Gasteiger partial charge in [-0.25, -0.2) is 0 Å². The summed E-state index contributed by atoms with van der Waals surface area (Å²) >= 11 is 5.88. The average Bonchev–Trinajstić information content (AvgIpc) is 2.33. The smallest absolute Gasteiger partial charge is 0.145 e. The number of aromatic nitrogens is 1. The van der Waals surface area contributed by atoms with Gasteiger partial charge in [-0.1, -0.05) is 11.6 Å². The van der Waals surface area contributed by atoms with Gasteiger partial charge < -0.3 is 9.84 Å². The molecule has 0 fully saturated rings. The van der Waals surface area contributed by atoms with Crippen molar-refractivity contribution in [3.8, 4) is 11.5 Å². The van der Waals surface area contributed by atoms with Crippen molar-refractivity contribution in [3.63, 3.8) is 0 Å². The second-order valence-corrected chi connectivity index (χ2v) is 4.54. The van der Waals surface area contributed by atoms with E-state index in [4.69, 9.17) is 16.3 Å². The predicted octanol–water partition coefficient (Wildman–Crippen LogP) is 3.89. The van der Waals surface area contributed by atoms with Gasteiger partial charge in [-0.15, -0.1) is 0 Å². The molecule has 3 nitrogen and oxygen atoms in total. The zero-order valence-corrected chi connectivity index (χ0v) is 11.0. The highest BCUT2D eigenvalue weighted by molar-refractivity contribution is 6.30. The SMILES string of the molecule is Cc1cc(Cl)ccc1Oc1ccc([C@@H](C)O)nc1. The van der Waals surface area contributed by atoms with Gasteiger partial charge in [0.05, 0.1) is 18.0 Å². The van der Waals surface area contributed by atoms with E-state index in [-0.39, 0.29) is 0 Å². The number of hydrogen-bond donors (Lipinski definition) is 1. The summed E-state index contributed by atoms with van der Waals surface area (Å²) in [4.78, 5) is 4.12. The Morgan fingerprint density at radius 1 is 1.28 bits per heavy atom. The van der Waals surface area contributed by atoms with E-state index in [0.29, 0.717) is 16.5 Å². The van der Waals surface area contributed by atoms with Gasteiger partial charge in [-0.2, -0.15) is 0 Å². The maximum absolute atomic E-state index is 9.36. The first-order chi connectivity index (χ1) is 8.56. The Balaban J connectivity index is 2.18. The van der Waals surface area contributed by atoms with E-state index in [2.05, 4.69) is 4.98 Å².